The number of nitro groups is 1. The Labute approximate surface area is 247 Å². The molecule has 1 aromatic rings. The van der Waals surface area contributed by atoms with Crippen molar-refractivity contribution in [2.45, 2.75) is 76.1 Å². The van der Waals surface area contributed by atoms with Gasteiger partial charge in [0.05, 0.1) is 4.92 Å². The zero-order valence-electron chi connectivity index (χ0n) is 22.1. The number of carbonyl (C=O) groups excluding carboxylic acids is 4. The number of hydrogen-bond acceptors (Lipinski definition) is 8. The Morgan fingerprint density at radius 1 is 1.15 bits per heavy atom. The number of likely N-dealkylation sites (tertiary alicyclic amines) is 1. The molecule has 0 spiro atoms. The van der Waals surface area contributed by atoms with Crippen molar-refractivity contribution < 1.29 is 33.7 Å². The van der Waals surface area contributed by atoms with E-state index in [1.807, 2.05) is 0 Å². The first-order chi connectivity index (χ1) is 19.0. The van der Waals surface area contributed by atoms with Gasteiger partial charge in [-0.05, 0) is 24.0 Å². The molecule has 1 aliphatic heterocycles. The van der Waals surface area contributed by atoms with Crippen LogP contribution in [-0.2, 0) is 35.4 Å². The van der Waals surface area contributed by atoms with Crippen molar-refractivity contribution in [1.82, 2.24) is 9.96 Å². The lowest BCUT2D eigenvalue weighted by Gasteiger charge is -2.49. The molecule has 0 bridgehead atoms. The minimum atomic E-state index is -1.40. The van der Waals surface area contributed by atoms with E-state index in [-0.39, 0.29) is 30.2 Å². The van der Waals surface area contributed by atoms with Crippen molar-refractivity contribution in [3.8, 4) is 0 Å². The first-order valence-corrected chi connectivity index (χ1v) is 14.2. The van der Waals surface area contributed by atoms with Crippen molar-refractivity contribution in [3.05, 3.63) is 52.1 Å². The second-order valence-electron chi connectivity index (χ2n) is 9.15. The summed E-state index contributed by atoms with van der Waals surface area (Å²) in [6, 6.07) is 2.75. The van der Waals surface area contributed by atoms with Crippen LogP contribution >= 0.6 is 34.8 Å². The van der Waals surface area contributed by atoms with Gasteiger partial charge in [0.25, 0.3) is 17.5 Å². The highest BCUT2D eigenvalue weighted by molar-refractivity contribution is 6.27. The van der Waals surface area contributed by atoms with E-state index in [1.54, 1.807) is 0 Å². The van der Waals surface area contributed by atoms with Crippen molar-refractivity contribution >= 4 is 64.2 Å². The number of ether oxygens (including phenoxy) is 1. The molecular weight excluding hydrogens is 589 g/mol. The third-order valence-corrected chi connectivity index (χ3v) is 7.16. The van der Waals surface area contributed by atoms with E-state index in [2.05, 4.69) is 6.58 Å². The summed E-state index contributed by atoms with van der Waals surface area (Å²) in [5.41, 5.74) is -0.999. The fourth-order valence-electron chi connectivity index (χ4n) is 4.08. The quantitative estimate of drug-likeness (QED) is 0.0374. The van der Waals surface area contributed by atoms with Gasteiger partial charge < -0.3 is 14.5 Å². The molecule has 1 aromatic carbocycles. The van der Waals surface area contributed by atoms with E-state index in [0.717, 1.165) is 43.9 Å². The maximum atomic E-state index is 13.2. The molecule has 0 radical (unpaired) electrons. The summed E-state index contributed by atoms with van der Waals surface area (Å²) >= 11 is 18.1. The van der Waals surface area contributed by atoms with Crippen LogP contribution in [-0.4, -0.2) is 68.0 Å². The summed E-state index contributed by atoms with van der Waals surface area (Å²) in [6.45, 7) is 4.50. The molecule has 1 aliphatic rings. The highest BCUT2D eigenvalue weighted by atomic mass is 35.5. The summed E-state index contributed by atoms with van der Waals surface area (Å²) in [6.07, 6.45) is 5.14. The van der Waals surface area contributed by atoms with Crippen LogP contribution in [0.25, 0.3) is 0 Å². The monoisotopic (exact) mass is 619 g/mol. The van der Waals surface area contributed by atoms with Gasteiger partial charge in [-0.2, -0.15) is 5.06 Å². The number of amides is 2. The minimum absolute atomic E-state index is 0.0270. The van der Waals surface area contributed by atoms with Gasteiger partial charge in [-0.1, -0.05) is 56.0 Å². The van der Waals surface area contributed by atoms with E-state index in [0.29, 0.717) is 22.9 Å². The number of hydroxylamine groups is 2. The van der Waals surface area contributed by atoms with Crippen molar-refractivity contribution in [2.75, 3.05) is 11.8 Å². The minimum Gasteiger partial charge on any atom is -0.459 e. The van der Waals surface area contributed by atoms with Gasteiger partial charge in [0.1, 0.15) is 12.1 Å². The van der Waals surface area contributed by atoms with Gasteiger partial charge in [-0.25, -0.2) is 4.79 Å². The van der Waals surface area contributed by atoms with Crippen LogP contribution in [0.5, 0.6) is 0 Å². The Bertz CT molecular complexity index is 1100. The molecule has 1 saturated heterocycles. The zero-order valence-corrected chi connectivity index (χ0v) is 24.3. The maximum Gasteiger partial charge on any atom is 0.333 e. The van der Waals surface area contributed by atoms with Gasteiger partial charge in [0.15, 0.2) is 12.1 Å². The normalized spacial score (nSPS) is 17.0. The fourth-order valence-corrected chi connectivity index (χ4v) is 4.83. The molecule has 3 atom stereocenters. The number of esters is 1. The van der Waals surface area contributed by atoms with Crippen molar-refractivity contribution in [3.63, 3.8) is 0 Å². The second kappa shape index (κ2) is 16.4. The fraction of sp³-hybridized carbons (Fsp3) is 0.538. The molecule has 220 valence electrons. The summed E-state index contributed by atoms with van der Waals surface area (Å²) < 4.78 is 5.30. The molecule has 1 fully saturated rings. The standard InChI is InChI=1S/C26H32Cl3N3O8/c1-17(15-28)22(26(36)39-16-19-10-9-11-20(14-19)32(37)38)30-24(29)23(25(30)35)31(40-18(2)33)21(34)12-7-5-3-4-6-8-13-27/h9-11,14,22-24H,1,3-8,12-13,15-16H2,2H3. The Hall–Kier alpha value is -2.89. The number of nitrogens with zero attached hydrogens (tertiary/aromatic N) is 3. The summed E-state index contributed by atoms with van der Waals surface area (Å²) in [5, 5.41) is 11.7. The molecule has 0 N–H and O–H groups in total. The van der Waals surface area contributed by atoms with E-state index in [9.17, 15) is 29.3 Å². The summed E-state index contributed by atoms with van der Waals surface area (Å²) in [4.78, 5) is 67.3. The average Bonchev–Trinajstić information content (AvgIpc) is 2.93. The van der Waals surface area contributed by atoms with Crippen LogP contribution in [0.15, 0.2) is 36.4 Å². The highest BCUT2D eigenvalue weighted by Gasteiger charge is 2.57. The Kier molecular flexibility index (Phi) is 13.7. The maximum absolute atomic E-state index is 13.2. The molecule has 2 amide bonds. The zero-order chi connectivity index (χ0) is 29.8. The molecule has 14 heteroatoms. The third-order valence-electron chi connectivity index (χ3n) is 6.10. The van der Waals surface area contributed by atoms with E-state index in [1.165, 1.54) is 24.3 Å². The first kappa shape index (κ1) is 33.3. The Balaban J connectivity index is 2.09. The van der Waals surface area contributed by atoms with Crippen LogP contribution < -0.4 is 0 Å². The molecule has 0 aromatic heterocycles. The van der Waals surface area contributed by atoms with Gasteiger partial charge in [0.2, 0.25) is 0 Å². The molecule has 0 aliphatic carbocycles. The van der Waals surface area contributed by atoms with Crippen LogP contribution in [0.2, 0.25) is 0 Å². The number of non-ortho nitro benzene ring substituents is 1. The van der Waals surface area contributed by atoms with Crippen molar-refractivity contribution in [1.29, 1.82) is 0 Å². The Morgan fingerprint density at radius 3 is 2.38 bits per heavy atom. The second-order valence-corrected chi connectivity index (χ2v) is 10.2. The number of rotatable bonds is 16. The van der Waals surface area contributed by atoms with Crippen LogP contribution in [0.3, 0.4) is 0 Å². The molecule has 1 heterocycles. The highest BCUT2D eigenvalue weighted by Crippen LogP contribution is 2.34. The third kappa shape index (κ3) is 9.07. The number of unbranched alkanes of at least 4 members (excludes halogenated alkanes) is 5. The molecule has 40 heavy (non-hydrogen) atoms. The largest absolute Gasteiger partial charge is 0.459 e. The lowest BCUT2D eigenvalue weighted by atomic mass is 9.98. The smallest absolute Gasteiger partial charge is 0.333 e. The average molecular weight is 621 g/mol. The number of benzene rings is 1. The van der Waals surface area contributed by atoms with Gasteiger partial charge in [-0.15, -0.1) is 23.2 Å². The van der Waals surface area contributed by atoms with Gasteiger partial charge >= 0.3 is 11.9 Å². The Morgan fingerprint density at radius 2 is 1.80 bits per heavy atom. The van der Waals surface area contributed by atoms with Gasteiger partial charge in [0, 0.05) is 37.2 Å². The summed E-state index contributed by atoms with van der Waals surface area (Å²) in [7, 11) is 0. The molecule has 2 rings (SSSR count). The number of alkyl halides is 3. The number of carbonyl (C=O) groups is 4. The summed E-state index contributed by atoms with van der Waals surface area (Å²) in [5.74, 6) is -2.71. The van der Waals surface area contributed by atoms with E-state index >= 15 is 0 Å². The van der Waals surface area contributed by atoms with Crippen molar-refractivity contribution in [2.24, 2.45) is 0 Å². The molecule has 0 saturated carbocycles. The van der Waals surface area contributed by atoms with Crippen LogP contribution in [0, 0.1) is 10.1 Å². The predicted octanol–water partition coefficient (Wildman–Crippen LogP) is 4.85. The lowest BCUT2D eigenvalue weighted by Crippen LogP contribution is -2.73. The number of hydrogen-bond donors (Lipinski definition) is 0. The van der Waals surface area contributed by atoms with Crippen LogP contribution in [0.1, 0.15) is 57.4 Å². The SMILES string of the molecule is C=C(CCl)C(C(=O)OCc1cccc([N+](=O)[O-])c1)N1C(=O)C(N(OC(C)=O)C(=O)CCCCCCCCCl)C1Cl. The van der Waals surface area contributed by atoms with E-state index < -0.39 is 46.3 Å². The number of halogens is 3. The molecular formula is C26H32Cl3N3O8. The van der Waals surface area contributed by atoms with E-state index in [4.69, 9.17) is 44.4 Å². The lowest BCUT2D eigenvalue weighted by molar-refractivity contribution is -0.384. The molecule has 3 unspecified atom stereocenters. The number of nitro benzene ring substituents is 1. The topological polar surface area (TPSA) is 136 Å². The van der Waals surface area contributed by atoms with Gasteiger partial charge in [-0.3, -0.25) is 24.5 Å². The number of β-lactam (4-membered cyclic amide) rings is 1. The molecule has 11 nitrogen and oxygen atoms in total. The predicted molar refractivity (Wildman–Crippen MR) is 148 cm³/mol. The van der Waals surface area contributed by atoms with Crippen LogP contribution in [0.4, 0.5) is 5.69 Å². The first-order valence-electron chi connectivity index (χ1n) is 12.7.